The molecule has 0 spiro atoms. The number of carbonyl (C=O) groups excluding carboxylic acids is 2. The number of nitrogens with two attached hydrogens (primary N) is 1. The van der Waals surface area contributed by atoms with Gasteiger partial charge in [0.25, 0.3) is 5.91 Å². The van der Waals surface area contributed by atoms with Crippen molar-refractivity contribution in [2.75, 3.05) is 10.6 Å². The van der Waals surface area contributed by atoms with Crippen molar-refractivity contribution >= 4 is 34.0 Å². The smallest absolute Gasteiger partial charge is 0.324 e. The quantitative estimate of drug-likeness (QED) is 0.802. The average Bonchev–Trinajstić information content (AvgIpc) is 2.87. The number of amides is 3. The summed E-state index contributed by atoms with van der Waals surface area (Å²) in [6.07, 6.45) is 3.96. The molecular weight excluding hydrogens is 310 g/mol. The topological polar surface area (TPSA) is 84.2 Å². The van der Waals surface area contributed by atoms with E-state index in [-0.39, 0.29) is 6.03 Å². The Morgan fingerprint density at radius 3 is 2.48 bits per heavy atom. The molecule has 0 atom stereocenters. The lowest BCUT2D eigenvalue weighted by atomic mass is 9.95. The van der Waals surface area contributed by atoms with Crippen molar-refractivity contribution in [3.8, 4) is 0 Å². The Labute approximate surface area is 138 Å². The largest absolute Gasteiger partial charge is 0.365 e. The second-order valence-electron chi connectivity index (χ2n) is 5.72. The summed E-state index contributed by atoms with van der Waals surface area (Å²) in [5.41, 5.74) is 8.84. The highest BCUT2D eigenvalue weighted by molar-refractivity contribution is 7.17. The Bertz CT molecular complexity index is 750. The van der Waals surface area contributed by atoms with Crippen LogP contribution in [0.1, 0.15) is 39.2 Å². The van der Waals surface area contributed by atoms with Crippen LogP contribution in [-0.2, 0) is 12.8 Å². The molecular formula is C17H19N3O2S. The maximum atomic E-state index is 12.2. The summed E-state index contributed by atoms with van der Waals surface area (Å²) in [5.74, 6) is -0.477. The number of thiophene rings is 1. The van der Waals surface area contributed by atoms with E-state index >= 15 is 0 Å². The van der Waals surface area contributed by atoms with Crippen LogP contribution in [0.15, 0.2) is 24.3 Å². The normalized spacial score (nSPS) is 13.3. The van der Waals surface area contributed by atoms with Gasteiger partial charge in [-0.05, 0) is 50.3 Å². The first-order valence-corrected chi connectivity index (χ1v) is 8.45. The molecule has 1 aliphatic carbocycles. The highest BCUT2D eigenvalue weighted by Gasteiger charge is 2.24. The van der Waals surface area contributed by atoms with E-state index in [0.29, 0.717) is 16.3 Å². The predicted octanol–water partition coefficient (Wildman–Crippen LogP) is 3.68. The molecule has 6 heteroatoms. The first kappa shape index (κ1) is 15.6. The molecule has 2 aromatic rings. The summed E-state index contributed by atoms with van der Waals surface area (Å²) in [6.45, 7) is 1.99. The Balaban J connectivity index is 1.79. The molecule has 5 nitrogen and oxygen atoms in total. The van der Waals surface area contributed by atoms with Crippen molar-refractivity contribution in [1.82, 2.24) is 0 Å². The van der Waals surface area contributed by atoms with Gasteiger partial charge in [-0.3, -0.25) is 10.1 Å². The van der Waals surface area contributed by atoms with Crippen LogP contribution in [0.2, 0.25) is 0 Å². The molecule has 1 heterocycles. The number of hydrogen-bond acceptors (Lipinski definition) is 3. The lowest BCUT2D eigenvalue weighted by molar-refractivity contribution is 0.100. The number of aryl methyl sites for hydroxylation is 2. The number of carbonyl (C=O) groups is 2. The van der Waals surface area contributed by atoms with Crippen molar-refractivity contribution in [2.45, 2.75) is 32.6 Å². The van der Waals surface area contributed by atoms with Gasteiger partial charge in [0.15, 0.2) is 0 Å². The Kier molecular flexibility index (Phi) is 4.34. The molecule has 0 aliphatic heterocycles. The molecule has 120 valence electrons. The first-order valence-electron chi connectivity index (χ1n) is 7.63. The van der Waals surface area contributed by atoms with E-state index < -0.39 is 5.91 Å². The molecule has 3 rings (SSSR count). The van der Waals surface area contributed by atoms with E-state index in [2.05, 4.69) is 10.6 Å². The minimum Gasteiger partial charge on any atom is -0.365 e. The van der Waals surface area contributed by atoms with Gasteiger partial charge in [0.05, 0.1) is 5.56 Å². The van der Waals surface area contributed by atoms with Gasteiger partial charge in [-0.1, -0.05) is 17.7 Å². The van der Waals surface area contributed by atoms with Gasteiger partial charge in [-0.25, -0.2) is 4.79 Å². The third-order valence-electron chi connectivity index (χ3n) is 3.95. The standard InChI is InChI=1S/C17H19N3O2S/c1-10-6-8-11(9-7-10)19-17(22)20-16-14(15(18)21)12-4-2-3-5-13(12)23-16/h6-9H,2-5H2,1H3,(H2,18,21)(H2,19,20,22). The van der Waals surface area contributed by atoms with Crippen molar-refractivity contribution in [1.29, 1.82) is 0 Å². The number of rotatable bonds is 3. The molecule has 1 aromatic heterocycles. The molecule has 23 heavy (non-hydrogen) atoms. The zero-order chi connectivity index (χ0) is 16.4. The van der Waals surface area contributed by atoms with Crippen LogP contribution in [0.5, 0.6) is 0 Å². The summed E-state index contributed by atoms with van der Waals surface area (Å²) in [7, 11) is 0. The van der Waals surface area contributed by atoms with Gasteiger partial charge in [0.2, 0.25) is 0 Å². The molecule has 0 bridgehead atoms. The minimum absolute atomic E-state index is 0.366. The Hall–Kier alpha value is -2.34. The van der Waals surface area contributed by atoms with Crippen LogP contribution < -0.4 is 16.4 Å². The first-order chi connectivity index (χ1) is 11.0. The van der Waals surface area contributed by atoms with E-state index in [1.54, 1.807) is 0 Å². The molecule has 1 aromatic carbocycles. The summed E-state index contributed by atoms with van der Waals surface area (Å²) < 4.78 is 0. The number of primary amides is 1. The fraction of sp³-hybridized carbons (Fsp3) is 0.294. The van der Waals surface area contributed by atoms with Gasteiger partial charge in [0.1, 0.15) is 5.00 Å². The van der Waals surface area contributed by atoms with Crippen molar-refractivity contribution in [3.63, 3.8) is 0 Å². The van der Waals surface area contributed by atoms with Crippen LogP contribution in [0.3, 0.4) is 0 Å². The minimum atomic E-state index is -0.477. The van der Waals surface area contributed by atoms with Crippen molar-refractivity contribution < 1.29 is 9.59 Å². The zero-order valence-corrected chi connectivity index (χ0v) is 13.8. The third-order valence-corrected chi connectivity index (χ3v) is 5.16. The van der Waals surface area contributed by atoms with E-state index in [1.807, 2.05) is 31.2 Å². The molecule has 1 aliphatic rings. The number of hydrogen-bond donors (Lipinski definition) is 3. The van der Waals surface area contributed by atoms with Crippen LogP contribution >= 0.6 is 11.3 Å². The number of benzene rings is 1. The van der Waals surface area contributed by atoms with Crippen LogP contribution in [0.4, 0.5) is 15.5 Å². The third kappa shape index (κ3) is 3.37. The second-order valence-corrected chi connectivity index (χ2v) is 6.83. The Morgan fingerprint density at radius 1 is 1.09 bits per heavy atom. The number of nitrogens with one attached hydrogen (secondary N) is 2. The van der Waals surface area contributed by atoms with E-state index in [1.165, 1.54) is 11.3 Å². The molecule has 0 fully saturated rings. The maximum Gasteiger partial charge on any atom is 0.324 e. The monoisotopic (exact) mass is 329 g/mol. The van der Waals surface area contributed by atoms with Crippen LogP contribution in [0, 0.1) is 6.92 Å². The van der Waals surface area contributed by atoms with Crippen LogP contribution in [0.25, 0.3) is 0 Å². The van der Waals surface area contributed by atoms with Crippen molar-refractivity contribution in [2.24, 2.45) is 5.73 Å². The summed E-state index contributed by atoms with van der Waals surface area (Å²) in [4.78, 5) is 25.1. The number of fused-ring (bicyclic) bond motifs is 1. The van der Waals surface area contributed by atoms with Gasteiger partial charge in [-0.15, -0.1) is 11.3 Å². The van der Waals surface area contributed by atoms with Gasteiger partial charge >= 0.3 is 6.03 Å². The molecule has 0 unspecified atom stereocenters. The predicted molar refractivity (Wildman–Crippen MR) is 93.3 cm³/mol. The molecule has 0 radical (unpaired) electrons. The lowest BCUT2D eigenvalue weighted by Gasteiger charge is -2.11. The summed E-state index contributed by atoms with van der Waals surface area (Å²) in [5, 5.41) is 6.10. The van der Waals surface area contributed by atoms with E-state index in [9.17, 15) is 9.59 Å². The molecule has 0 saturated carbocycles. The molecule has 4 N–H and O–H groups in total. The van der Waals surface area contributed by atoms with Gasteiger partial charge in [0, 0.05) is 10.6 Å². The zero-order valence-electron chi connectivity index (χ0n) is 12.9. The van der Waals surface area contributed by atoms with Gasteiger partial charge in [-0.2, -0.15) is 0 Å². The highest BCUT2D eigenvalue weighted by Crippen LogP contribution is 2.37. The number of urea groups is 1. The molecule has 3 amide bonds. The fourth-order valence-electron chi connectivity index (χ4n) is 2.82. The van der Waals surface area contributed by atoms with E-state index in [4.69, 9.17) is 5.73 Å². The SMILES string of the molecule is Cc1ccc(NC(=O)Nc2sc3c(c2C(N)=O)CCCC3)cc1. The van der Waals surface area contributed by atoms with Gasteiger partial charge < -0.3 is 11.1 Å². The highest BCUT2D eigenvalue weighted by atomic mass is 32.1. The second kappa shape index (κ2) is 6.42. The van der Waals surface area contributed by atoms with E-state index in [0.717, 1.165) is 41.7 Å². The Morgan fingerprint density at radius 2 is 1.78 bits per heavy atom. The van der Waals surface area contributed by atoms with Crippen LogP contribution in [-0.4, -0.2) is 11.9 Å². The fourth-order valence-corrected chi connectivity index (χ4v) is 4.11. The molecule has 0 saturated heterocycles. The number of anilines is 2. The lowest BCUT2D eigenvalue weighted by Crippen LogP contribution is -2.22. The average molecular weight is 329 g/mol. The summed E-state index contributed by atoms with van der Waals surface area (Å²) >= 11 is 1.46. The summed E-state index contributed by atoms with van der Waals surface area (Å²) in [6, 6.07) is 7.16. The van der Waals surface area contributed by atoms with Crippen molar-refractivity contribution in [3.05, 3.63) is 45.8 Å². The maximum absolute atomic E-state index is 12.2.